The number of nitrogens with zero attached hydrogens (tertiary/aromatic N) is 2. The van der Waals surface area contributed by atoms with E-state index < -0.39 is 35.8 Å². The first-order valence-corrected chi connectivity index (χ1v) is 19.6. The van der Waals surface area contributed by atoms with Crippen LogP contribution in [0.4, 0.5) is 9.59 Å². The zero-order valence-electron chi connectivity index (χ0n) is 32.0. The van der Waals surface area contributed by atoms with Crippen molar-refractivity contribution in [1.29, 1.82) is 0 Å². The highest BCUT2D eigenvalue weighted by Gasteiger charge is 2.40. The number of alkyl carbamates (subject to hydrolysis) is 2. The van der Waals surface area contributed by atoms with Crippen molar-refractivity contribution in [1.82, 2.24) is 25.8 Å². The Labute approximate surface area is 321 Å². The molecule has 0 radical (unpaired) electrons. The maximum Gasteiger partial charge on any atom is 0.407 e. The van der Waals surface area contributed by atoms with Crippen molar-refractivity contribution in [2.75, 3.05) is 53.2 Å². The minimum atomic E-state index is -1.07. The average Bonchev–Trinajstić information content (AvgIpc) is 3.84. The van der Waals surface area contributed by atoms with Gasteiger partial charge in [0.25, 0.3) is 5.91 Å². The molecule has 2 aliphatic rings. The molecule has 3 atom stereocenters. The number of nitrogens with one attached hydrogen (secondary N) is 3. The second kappa shape index (κ2) is 21.0. The molecule has 16 heteroatoms. The molecule has 0 spiro atoms. The van der Waals surface area contributed by atoms with E-state index in [-0.39, 0.29) is 36.0 Å². The van der Waals surface area contributed by atoms with Crippen LogP contribution in [0.1, 0.15) is 99.7 Å². The van der Waals surface area contributed by atoms with E-state index in [0.717, 1.165) is 38.5 Å². The van der Waals surface area contributed by atoms with Gasteiger partial charge in [-0.15, -0.1) is 11.3 Å². The summed E-state index contributed by atoms with van der Waals surface area (Å²) in [4.78, 5) is 70.6. The molecule has 1 aromatic heterocycles. The molecule has 2 heterocycles. The number of ether oxygens (including phenoxy) is 5. The molecule has 3 N–H and O–H groups in total. The number of rotatable bonds is 18. The first-order chi connectivity index (χ1) is 25.9. The molecule has 0 bridgehead atoms. The van der Waals surface area contributed by atoms with Gasteiger partial charge in [0.05, 0.1) is 32.5 Å². The van der Waals surface area contributed by atoms with Crippen molar-refractivity contribution >= 4 is 41.1 Å². The molecule has 1 aliphatic carbocycles. The van der Waals surface area contributed by atoms with Crippen LogP contribution in [0.25, 0.3) is 0 Å². The van der Waals surface area contributed by atoms with E-state index >= 15 is 0 Å². The van der Waals surface area contributed by atoms with Crippen molar-refractivity contribution in [3.05, 3.63) is 45.9 Å². The topological polar surface area (TPSA) is 184 Å². The number of carbonyl (C=O) groups excluding carboxylic acids is 5. The molecule has 1 aliphatic heterocycles. The van der Waals surface area contributed by atoms with Gasteiger partial charge in [-0.2, -0.15) is 0 Å². The molecular weight excluding hydrogens is 719 g/mol. The highest BCUT2D eigenvalue weighted by molar-refractivity contribution is 7.10. The SMILES string of the molecule is CNC(=O)OC(C)C(=O)NC(C(=O)N1CCC[C@H]1c1nc(C(=O)c2cccc(OCCOCCOCCNC(=O)OC(C)(C)C)c2)cs1)C1CCCCC1. The molecule has 4 amide bonds. The van der Waals surface area contributed by atoms with Gasteiger partial charge in [-0.25, -0.2) is 14.6 Å². The molecule has 1 saturated carbocycles. The smallest absolute Gasteiger partial charge is 0.407 e. The van der Waals surface area contributed by atoms with Gasteiger partial charge in [-0.1, -0.05) is 31.4 Å². The number of hydrogen-bond acceptors (Lipinski definition) is 12. The van der Waals surface area contributed by atoms with Crippen LogP contribution in [0.15, 0.2) is 29.6 Å². The summed E-state index contributed by atoms with van der Waals surface area (Å²) in [6, 6.07) is 5.81. The first kappa shape index (κ1) is 42.5. The number of likely N-dealkylation sites (tertiary alicyclic amines) is 1. The van der Waals surface area contributed by atoms with Gasteiger partial charge in [0.15, 0.2) is 6.10 Å². The molecule has 2 unspecified atom stereocenters. The molecule has 15 nitrogen and oxygen atoms in total. The summed E-state index contributed by atoms with van der Waals surface area (Å²) in [6.07, 6.45) is 3.86. The fourth-order valence-corrected chi connectivity index (χ4v) is 7.30. The highest BCUT2D eigenvalue weighted by Crippen LogP contribution is 2.36. The molecule has 2 fully saturated rings. The number of aromatic nitrogens is 1. The van der Waals surface area contributed by atoms with Crippen LogP contribution in [0.5, 0.6) is 5.75 Å². The normalized spacial score (nSPS) is 17.3. The van der Waals surface area contributed by atoms with Gasteiger partial charge in [0, 0.05) is 31.1 Å². The van der Waals surface area contributed by atoms with E-state index in [1.807, 2.05) is 0 Å². The number of hydrogen-bond donors (Lipinski definition) is 3. The lowest BCUT2D eigenvalue weighted by Crippen LogP contribution is -2.54. The Bertz CT molecular complexity index is 1560. The Morgan fingerprint density at radius 3 is 2.39 bits per heavy atom. The lowest BCUT2D eigenvalue weighted by Gasteiger charge is -2.35. The van der Waals surface area contributed by atoms with Crippen LogP contribution in [-0.2, 0) is 28.5 Å². The van der Waals surface area contributed by atoms with Crippen LogP contribution in [0, 0.1) is 5.92 Å². The Morgan fingerprint density at radius 1 is 0.944 bits per heavy atom. The molecule has 298 valence electrons. The Balaban J connectivity index is 1.27. The fourth-order valence-electron chi connectivity index (χ4n) is 6.36. The third kappa shape index (κ3) is 13.2. The van der Waals surface area contributed by atoms with E-state index in [9.17, 15) is 24.0 Å². The third-order valence-corrected chi connectivity index (χ3v) is 9.94. The maximum absolute atomic E-state index is 14.2. The predicted octanol–water partition coefficient (Wildman–Crippen LogP) is 4.78. The second-order valence-electron chi connectivity index (χ2n) is 14.3. The molecule has 4 rings (SSSR count). The zero-order valence-corrected chi connectivity index (χ0v) is 32.8. The van der Waals surface area contributed by atoms with Gasteiger partial charge in [-0.3, -0.25) is 14.4 Å². The monoisotopic (exact) mass is 773 g/mol. The van der Waals surface area contributed by atoms with E-state index in [1.165, 1.54) is 25.3 Å². The van der Waals surface area contributed by atoms with Crippen LogP contribution >= 0.6 is 11.3 Å². The number of carbonyl (C=O) groups is 5. The summed E-state index contributed by atoms with van der Waals surface area (Å²) in [5.41, 5.74) is 0.154. The first-order valence-electron chi connectivity index (χ1n) is 18.7. The summed E-state index contributed by atoms with van der Waals surface area (Å²) in [7, 11) is 1.41. The number of amides is 4. The van der Waals surface area contributed by atoms with E-state index in [4.69, 9.17) is 28.7 Å². The van der Waals surface area contributed by atoms with Gasteiger partial charge in [-0.05, 0) is 71.4 Å². The standard InChI is InChI=1S/C38H55N5O10S/c1-25(52-36(47)39-5)33(45)42-31(26-11-7-6-8-12-26)35(46)43-17-10-15-30(43)34-41-29(24-54-34)32(44)27-13-9-14-28(23-27)51-22-21-50-20-19-49-18-16-40-37(48)53-38(2,3)4/h9,13-14,23-26,30-31H,6-8,10-12,15-22H2,1-5H3,(H,39,47)(H,40,48)(H,42,45)/t25?,30-,31?/m0/s1. The Morgan fingerprint density at radius 2 is 1.67 bits per heavy atom. The molecular formula is C38H55N5O10S. The molecule has 54 heavy (non-hydrogen) atoms. The minimum Gasteiger partial charge on any atom is -0.491 e. The molecule has 1 saturated heterocycles. The fraction of sp³-hybridized carbons (Fsp3) is 0.632. The lowest BCUT2D eigenvalue weighted by atomic mass is 9.83. The van der Waals surface area contributed by atoms with Crippen molar-refractivity contribution in [2.45, 2.75) is 96.4 Å². The van der Waals surface area contributed by atoms with Crippen molar-refractivity contribution in [3.63, 3.8) is 0 Å². The molecule has 1 aromatic carbocycles. The molecule has 2 aromatic rings. The van der Waals surface area contributed by atoms with Gasteiger partial charge in [0.2, 0.25) is 11.7 Å². The number of ketones is 1. The summed E-state index contributed by atoms with van der Waals surface area (Å²) in [5, 5.41) is 10.3. The quantitative estimate of drug-likeness (QED) is 0.140. The average molecular weight is 774 g/mol. The number of benzene rings is 1. The summed E-state index contributed by atoms with van der Waals surface area (Å²) >= 11 is 1.34. The minimum absolute atomic E-state index is 0.0292. The van der Waals surface area contributed by atoms with Gasteiger partial charge >= 0.3 is 12.2 Å². The largest absolute Gasteiger partial charge is 0.491 e. The van der Waals surface area contributed by atoms with Crippen LogP contribution in [-0.4, -0.2) is 111 Å². The highest BCUT2D eigenvalue weighted by atomic mass is 32.1. The summed E-state index contributed by atoms with van der Waals surface area (Å²) < 4.78 is 27.1. The van der Waals surface area contributed by atoms with Gasteiger partial charge < -0.3 is 44.5 Å². The Hall–Kier alpha value is -4.28. The van der Waals surface area contributed by atoms with E-state index in [2.05, 4.69) is 16.0 Å². The van der Waals surface area contributed by atoms with E-state index in [1.54, 1.807) is 55.3 Å². The zero-order chi connectivity index (χ0) is 39.1. The van der Waals surface area contributed by atoms with Crippen molar-refractivity contribution < 1.29 is 47.7 Å². The Kier molecular flexibility index (Phi) is 16.5. The van der Waals surface area contributed by atoms with Gasteiger partial charge in [0.1, 0.15) is 34.7 Å². The number of thiazole rings is 1. The van der Waals surface area contributed by atoms with E-state index in [0.29, 0.717) is 62.3 Å². The summed E-state index contributed by atoms with van der Waals surface area (Å²) in [5.74, 6) is -0.471. The third-order valence-electron chi connectivity index (χ3n) is 9.00. The second-order valence-corrected chi connectivity index (χ2v) is 15.2. The maximum atomic E-state index is 14.2. The summed E-state index contributed by atoms with van der Waals surface area (Å²) in [6.45, 7) is 9.34. The van der Waals surface area contributed by atoms with Crippen LogP contribution < -0.4 is 20.7 Å². The predicted molar refractivity (Wildman–Crippen MR) is 201 cm³/mol. The van der Waals surface area contributed by atoms with Crippen LogP contribution in [0.3, 0.4) is 0 Å². The van der Waals surface area contributed by atoms with Crippen molar-refractivity contribution in [3.8, 4) is 5.75 Å². The van der Waals surface area contributed by atoms with Crippen molar-refractivity contribution in [2.24, 2.45) is 5.92 Å². The lowest BCUT2D eigenvalue weighted by molar-refractivity contribution is -0.141. The van der Waals surface area contributed by atoms with Crippen LogP contribution in [0.2, 0.25) is 0 Å².